The molecule has 11 heavy (non-hydrogen) atoms. The SMILES string of the molecule is NC1C=CC=CC1(N)[AsH](=O)O. The van der Waals surface area contributed by atoms with Crippen LogP contribution in [0.15, 0.2) is 24.3 Å². The standard InChI is InChI=1S/C6H11AsN2O2/c8-5-3-1-2-4-6(5,9)7(10)11/h1-5,7H,8-9H2,(H,10,11). The Labute approximate surface area is 69.4 Å². The van der Waals surface area contributed by atoms with Gasteiger partial charge in [0.25, 0.3) is 0 Å². The minimum absolute atomic E-state index is 0.537. The Kier molecular flexibility index (Phi) is 2.40. The van der Waals surface area contributed by atoms with E-state index >= 15 is 0 Å². The summed E-state index contributed by atoms with van der Waals surface area (Å²) in [4.78, 5) is 0. The molecule has 0 aromatic heterocycles. The van der Waals surface area contributed by atoms with Gasteiger partial charge in [0.15, 0.2) is 0 Å². The van der Waals surface area contributed by atoms with E-state index in [1.807, 2.05) is 0 Å². The van der Waals surface area contributed by atoms with Crippen LogP contribution in [0.3, 0.4) is 0 Å². The molecule has 1 rings (SSSR count). The zero-order valence-electron chi connectivity index (χ0n) is 5.90. The fourth-order valence-corrected chi connectivity index (χ4v) is 2.18. The third-order valence-electron chi connectivity index (χ3n) is 1.72. The number of nitrogens with two attached hydrogens (primary N) is 2. The first-order chi connectivity index (χ1) is 5.07. The minimum atomic E-state index is -3.42. The predicted octanol–water partition coefficient (Wildman–Crippen LogP) is -1.68. The molecule has 0 saturated carbocycles. The van der Waals surface area contributed by atoms with E-state index in [9.17, 15) is 3.74 Å². The van der Waals surface area contributed by atoms with Gasteiger partial charge in [-0.1, -0.05) is 0 Å². The summed E-state index contributed by atoms with van der Waals surface area (Å²) in [5.41, 5.74) is 11.1. The van der Waals surface area contributed by atoms with Crippen LogP contribution in [-0.2, 0) is 3.74 Å². The van der Waals surface area contributed by atoms with Gasteiger partial charge in [-0.3, -0.25) is 0 Å². The van der Waals surface area contributed by atoms with Gasteiger partial charge in [0, 0.05) is 0 Å². The molecule has 0 aromatic rings. The predicted molar refractivity (Wildman–Crippen MR) is 43.2 cm³/mol. The summed E-state index contributed by atoms with van der Waals surface area (Å²) in [5.74, 6) is 0. The molecule has 0 fully saturated rings. The summed E-state index contributed by atoms with van der Waals surface area (Å²) in [6.07, 6.45) is 6.49. The molecule has 4 nitrogen and oxygen atoms in total. The first-order valence-electron chi connectivity index (χ1n) is 3.21. The summed E-state index contributed by atoms with van der Waals surface area (Å²) < 4.78 is 18.6. The number of hydrogen-bond donors (Lipinski definition) is 3. The van der Waals surface area contributed by atoms with Crippen LogP contribution in [-0.4, -0.2) is 29.4 Å². The molecule has 0 saturated heterocycles. The quantitative estimate of drug-likeness (QED) is 0.458. The summed E-state index contributed by atoms with van der Waals surface area (Å²) >= 11 is -3.42. The summed E-state index contributed by atoms with van der Waals surface area (Å²) in [7, 11) is 0. The first-order valence-corrected chi connectivity index (χ1v) is 6.05. The Hall–Kier alpha value is -0.282. The van der Waals surface area contributed by atoms with Crippen LogP contribution in [0.2, 0.25) is 0 Å². The van der Waals surface area contributed by atoms with Crippen LogP contribution >= 0.6 is 0 Å². The normalized spacial score (nSPS) is 39.0. The van der Waals surface area contributed by atoms with E-state index in [1.165, 1.54) is 6.08 Å². The Bertz CT molecular complexity index is 239. The number of allylic oxidation sites excluding steroid dienone is 2. The maximum atomic E-state index is 10.8. The topological polar surface area (TPSA) is 89.3 Å². The van der Waals surface area contributed by atoms with Gasteiger partial charge in [0.2, 0.25) is 0 Å². The van der Waals surface area contributed by atoms with Gasteiger partial charge in [0.1, 0.15) is 0 Å². The van der Waals surface area contributed by atoms with E-state index in [0.29, 0.717) is 0 Å². The van der Waals surface area contributed by atoms with Crippen molar-refractivity contribution in [1.82, 2.24) is 0 Å². The molecular weight excluding hydrogens is 207 g/mol. The van der Waals surface area contributed by atoms with Gasteiger partial charge in [-0.15, -0.1) is 0 Å². The van der Waals surface area contributed by atoms with Crippen LogP contribution in [0, 0.1) is 0 Å². The summed E-state index contributed by atoms with van der Waals surface area (Å²) in [6.45, 7) is 0. The van der Waals surface area contributed by atoms with Gasteiger partial charge in [-0.25, -0.2) is 0 Å². The van der Waals surface area contributed by atoms with Crippen molar-refractivity contribution in [2.75, 3.05) is 0 Å². The first kappa shape index (κ1) is 8.81. The zero-order chi connectivity index (χ0) is 8.48. The third-order valence-corrected chi connectivity index (χ3v) is 4.33. The molecule has 0 aliphatic heterocycles. The van der Waals surface area contributed by atoms with Crippen molar-refractivity contribution < 1.29 is 7.84 Å². The molecule has 0 aromatic carbocycles. The van der Waals surface area contributed by atoms with Crippen molar-refractivity contribution in [1.29, 1.82) is 0 Å². The van der Waals surface area contributed by atoms with Crippen molar-refractivity contribution >= 4 is 14.9 Å². The molecule has 5 heteroatoms. The zero-order valence-corrected chi connectivity index (χ0v) is 7.99. The molecule has 3 atom stereocenters. The fourth-order valence-electron chi connectivity index (χ4n) is 0.883. The molecule has 0 amide bonds. The van der Waals surface area contributed by atoms with Gasteiger partial charge < -0.3 is 0 Å². The van der Waals surface area contributed by atoms with E-state index in [4.69, 9.17) is 15.6 Å². The van der Waals surface area contributed by atoms with Crippen LogP contribution in [0.5, 0.6) is 0 Å². The van der Waals surface area contributed by atoms with Crippen molar-refractivity contribution in [3.63, 3.8) is 0 Å². The van der Waals surface area contributed by atoms with Gasteiger partial charge >= 0.3 is 68.9 Å². The Morgan fingerprint density at radius 3 is 2.55 bits per heavy atom. The van der Waals surface area contributed by atoms with Crippen molar-refractivity contribution in [3.05, 3.63) is 24.3 Å². The van der Waals surface area contributed by atoms with E-state index in [-0.39, 0.29) is 0 Å². The average Bonchev–Trinajstić information content (AvgIpc) is 1.95. The van der Waals surface area contributed by atoms with Crippen LogP contribution in [0.1, 0.15) is 0 Å². The monoisotopic (exact) mass is 218 g/mol. The third kappa shape index (κ3) is 1.49. The van der Waals surface area contributed by atoms with E-state index in [0.717, 1.165) is 0 Å². The molecule has 1 aliphatic rings. The fraction of sp³-hybridized carbons (Fsp3) is 0.333. The molecule has 1 aliphatic carbocycles. The molecule has 0 heterocycles. The molecule has 5 N–H and O–H groups in total. The van der Waals surface area contributed by atoms with Gasteiger partial charge in [0.05, 0.1) is 0 Å². The van der Waals surface area contributed by atoms with E-state index in [1.54, 1.807) is 18.2 Å². The van der Waals surface area contributed by atoms with Crippen LogP contribution < -0.4 is 11.5 Å². The van der Waals surface area contributed by atoms with Crippen molar-refractivity contribution in [3.8, 4) is 0 Å². The Morgan fingerprint density at radius 1 is 1.55 bits per heavy atom. The second kappa shape index (κ2) is 2.99. The average molecular weight is 218 g/mol. The van der Waals surface area contributed by atoms with Crippen LogP contribution in [0.25, 0.3) is 0 Å². The molecule has 3 unspecified atom stereocenters. The van der Waals surface area contributed by atoms with Gasteiger partial charge in [-0.2, -0.15) is 0 Å². The van der Waals surface area contributed by atoms with E-state index < -0.39 is 25.3 Å². The Balaban J connectivity index is 2.94. The summed E-state index contributed by atoms with van der Waals surface area (Å²) in [6, 6.07) is -0.537. The van der Waals surface area contributed by atoms with Crippen molar-refractivity contribution in [2.24, 2.45) is 11.5 Å². The molecule has 0 spiro atoms. The number of hydrogen-bond acceptors (Lipinski definition) is 3. The molecule has 62 valence electrons. The Morgan fingerprint density at radius 2 is 2.18 bits per heavy atom. The molecule has 0 bridgehead atoms. The van der Waals surface area contributed by atoms with E-state index in [2.05, 4.69) is 0 Å². The molecule has 0 radical (unpaired) electrons. The molecular formula is C6H11AsN2O2. The number of rotatable bonds is 1. The maximum absolute atomic E-state index is 10.8. The van der Waals surface area contributed by atoms with Crippen LogP contribution in [0.4, 0.5) is 0 Å². The second-order valence-corrected chi connectivity index (χ2v) is 5.61. The second-order valence-electron chi connectivity index (χ2n) is 2.51. The van der Waals surface area contributed by atoms with Crippen molar-refractivity contribution in [2.45, 2.75) is 10.4 Å². The van der Waals surface area contributed by atoms with Gasteiger partial charge in [-0.05, 0) is 0 Å². The summed E-state index contributed by atoms with van der Waals surface area (Å²) in [5, 5.41) is 0.